The molecular formula is C16H17N3O. The molecule has 4 nitrogen and oxygen atoms in total. The number of aryl methyl sites for hydroxylation is 2. The quantitative estimate of drug-likeness (QED) is 0.846. The maximum Gasteiger partial charge on any atom is 0.144 e. The van der Waals surface area contributed by atoms with Gasteiger partial charge >= 0.3 is 0 Å². The first-order chi connectivity index (χ1) is 9.69. The summed E-state index contributed by atoms with van der Waals surface area (Å²) in [4.78, 5) is 4.31. The standard InChI is InChI=1S/C16H17N3O/c1-12-4-3-5-15(10-12)20-9-8-18-16-14(11-17)7-6-13(2)19-16/h3-7,10H,8-9H2,1-2H3,(H,18,19). The van der Waals surface area contributed by atoms with Crippen LogP contribution in [0.2, 0.25) is 0 Å². The Hall–Kier alpha value is -2.54. The van der Waals surface area contributed by atoms with Crippen molar-refractivity contribution in [2.45, 2.75) is 13.8 Å². The molecule has 0 aliphatic rings. The van der Waals surface area contributed by atoms with E-state index in [0.29, 0.717) is 24.5 Å². The molecule has 1 N–H and O–H groups in total. The lowest BCUT2D eigenvalue weighted by Gasteiger charge is -2.10. The van der Waals surface area contributed by atoms with Crippen LogP contribution in [0.1, 0.15) is 16.8 Å². The number of hydrogen-bond acceptors (Lipinski definition) is 4. The van der Waals surface area contributed by atoms with Crippen LogP contribution in [-0.4, -0.2) is 18.1 Å². The molecule has 2 rings (SSSR count). The number of hydrogen-bond donors (Lipinski definition) is 1. The molecule has 0 amide bonds. The molecule has 0 aliphatic heterocycles. The van der Waals surface area contributed by atoms with Gasteiger partial charge in [0, 0.05) is 5.69 Å². The normalized spacial score (nSPS) is 9.85. The monoisotopic (exact) mass is 267 g/mol. The van der Waals surface area contributed by atoms with Crippen LogP contribution in [-0.2, 0) is 0 Å². The number of rotatable bonds is 5. The lowest BCUT2D eigenvalue weighted by Crippen LogP contribution is -2.13. The summed E-state index contributed by atoms with van der Waals surface area (Å²) in [6.07, 6.45) is 0. The second-order valence-corrected chi connectivity index (χ2v) is 4.55. The maximum atomic E-state index is 9.01. The highest BCUT2D eigenvalue weighted by molar-refractivity contribution is 5.52. The van der Waals surface area contributed by atoms with Gasteiger partial charge in [-0.05, 0) is 43.7 Å². The molecule has 20 heavy (non-hydrogen) atoms. The second-order valence-electron chi connectivity index (χ2n) is 4.55. The second kappa shape index (κ2) is 6.58. The van der Waals surface area contributed by atoms with E-state index < -0.39 is 0 Å². The van der Waals surface area contributed by atoms with Gasteiger partial charge in [0.2, 0.25) is 0 Å². The van der Waals surface area contributed by atoms with Crippen molar-refractivity contribution in [1.82, 2.24) is 4.98 Å². The topological polar surface area (TPSA) is 57.9 Å². The SMILES string of the molecule is Cc1cccc(OCCNc2nc(C)ccc2C#N)c1. The fourth-order valence-electron chi connectivity index (χ4n) is 1.83. The minimum Gasteiger partial charge on any atom is -0.492 e. The van der Waals surface area contributed by atoms with Gasteiger partial charge in [-0.2, -0.15) is 5.26 Å². The Morgan fingerprint density at radius 2 is 2.10 bits per heavy atom. The minimum atomic E-state index is 0.518. The van der Waals surface area contributed by atoms with Crippen LogP contribution in [0.25, 0.3) is 0 Å². The highest BCUT2D eigenvalue weighted by Crippen LogP contribution is 2.13. The predicted octanol–water partition coefficient (Wildman–Crippen LogP) is 3.06. The molecule has 0 saturated carbocycles. The van der Waals surface area contributed by atoms with Crippen molar-refractivity contribution in [3.8, 4) is 11.8 Å². The van der Waals surface area contributed by atoms with Crippen molar-refractivity contribution in [2.75, 3.05) is 18.5 Å². The average Bonchev–Trinajstić information content (AvgIpc) is 2.44. The van der Waals surface area contributed by atoms with Gasteiger partial charge < -0.3 is 10.1 Å². The third kappa shape index (κ3) is 3.72. The molecule has 102 valence electrons. The number of anilines is 1. The highest BCUT2D eigenvalue weighted by atomic mass is 16.5. The molecule has 0 atom stereocenters. The number of pyridine rings is 1. The van der Waals surface area contributed by atoms with Crippen molar-refractivity contribution < 1.29 is 4.74 Å². The smallest absolute Gasteiger partial charge is 0.144 e. The van der Waals surface area contributed by atoms with E-state index in [9.17, 15) is 0 Å². The third-order valence-corrected chi connectivity index (χ3v) is 2.81. The van der Waals surface area contributed by atoms with Crippen LogP contribution in [0.5, 0.6) is 5.75 Å². The Bertz CT molecular complexity index is 632. The lowest BCUT2D eigenvalue weighted by atomic mass is 10.2. The van der Waals surface area contributed by atoms with Crippen molar-refractivity contribution in [1.29, 1.82) is 5.26 Å². The Balaban J connectivity index is 1.87. The van der Waals surface area contributed by atoms with Gasteiger partial charge in [0.15, 0.2) is 0 Å². The van der Waals surface area contributed by atoms with E-state index in [-0.39, 0.29) is 0 Å². The first-order valence-corrected chi connectivity index (χ1v) is 6.50. The van der Waals surface area contributed by atoms with Gasteiger partial charge in [-0.25, -0.2) is 4.98 Å². The molecule has 0 spiro atoms. The van der Waals surface area contributed by atoms with Crippen LogP contribution in [0.15, 0.2) is 36.4 Å². The predicted molar refractivity (Wildman–Crippen MR) is 78.9 cm³/mol. The van der Waals surface area contributed by atoms with Crippen LogP contribution >= 0.6 is 0 Å². The molecular weight excluding hydrogens is 250 g/mol. The minimum absolute atomic E-state index is 0.518. The van der Waals surface area contributed by atoms with Gasteiger partial charge in [0.05, 0.1) is 12.1 Å². The summed E-state index contributed by atoms with van der Waals surface area (Å²) in [7, 11) is 0. The number of nitriles is 1. The molecule has 0 unspecified atom stereocenters. The molecule has 0 radical (unpaired) electrons. The van der Waals surface area contributed by atoms with Crippen molar-refractivity contribution in [2.24, 2.45) is 0 Å². The van der Waals surface area contributed by atoms with E-state index in [1.165, 1.54) is 5.56 Å². The Morgan fingerprint density at radius 1 is 1.25 bits per heavy atom. The zero-order valence-electron chi connectivity index (χ0n) is 11.7. The molecule has 0 bridgehead atoms. The zero-order chi connectivity index (χ0) is 14.4. The third-order valence-electron chi connectivity index (χ3n) is 2.81. The van der Waals surface area contributed by atoms with Gasteiger partial charge in [0.25, 0.3) is 0 Å². The molecule has 0 aliphatic carbocycles. The highest BCUT2D eigenvalue weighted by Gasteiger charge is 2.03. The first-order valence-electron chi connectivity index (χ1n) is 6.50. The van der Waals surface area contributed by atoms with Crippen molar-refractivity contribution in [3.05, 3.63) is 53.2 Å². The fourth-order valence-corrected chi connectivity index (χ4v) is 1.83. The van der Waals surface area contributed by atoms with Crippen LogP contribution in [0, 0.1) is 25.2 Å². The molecule has 4 heteroatoms. The number of nitrogens with zero attached hydrogens (tertiary/aromatic N) is 2. The molecule has 1 aromatic carbocycles. The lowest BCUT2D eigenvalue weighted by molar-refractivity contribution is 0.332. The van der Waals surface area contributed by atoms with Gasteiger partial charge in [-0.3, -0.25) is 0 Å². The van der Waals surface area contributed by atoms with Crippen LogP contribution < -0.4 is 10.1 Å². The van der Waals surface area contributed by atoms with E-state index >= 15 is 0 Å². The summed E-state index contributed by atoms with van der Waals surface area (Å²) in [5.41, 5.74) is 2.60. The van der Waals surface area contributed by atoms with Crippen molar-refractivity contribution >= 4 is 5.82 Å². The Morgan fingerprint density at radius 3 is 2.85 bits per heavy atom. The summed E-state index contributed by atoms with van der Waals surface area (Å²) in [5, 5.41) is 12.1. The van der Waals surface area contributed by atoms with E-state index in [1.54, 1.807) is 6.07 Å². The van der Waals surface area contributed by atoms with Gasteiger partial charge in [0.1, 0.15) is 24.2 Å². The Kier molecular flexibility index (Phi) is 4.56. The molecule has 0 fully saturated rings. The Labute approximate surface area is 119 Å². The summed E-state index contributed by atoms with van der Waals surface area (Å²) < 4.78 is 5.64. The summed E-state index contributed by atoms with van der Waals surface area (Å²) in [6.45, 7) is 5.04. The average molecular weight is 267 g/mol. The van der Waals surface area contributed by atoms with Crippen LogP contribution in [0.3, 0.4) is 0 Å². The largest absolute Gasteiger partial charge is 0.492 e. The number of nitrogens with one attached hydrogen (secondary N) is 1. The fraction of sp³-hybridized carbons (Fsp3) is 0.250. The number of aromatic nitrogens is 1. The van der Waals surface area contributed by atoms with Crippen molar-refractivity contribution in [3.63, 3.8) is 0 Å². The maximum absolute atomic E-state index is 9.01. The summed E-state index contributed by atoms with van der Waals surface area (Å²) in [5.74, 6) is 1.46. The molecule has 1 heterocycles. The molecule has 2 aromatic rings. The summed E-state index contributed by atoms with van der Waals surface area (Å²) in [6, 6.07) is 13.6. The van der Waals surface area contributed by atoms with Crippen LogP contribution in [0.4, 0.5) is 5.82 Å². The number of ether oxygens (including phenoxy) is 1. The van der Waals surface area contributed by atoms with E-state index in [1.807, 2.05) is 44.2 Å². The van der Waals surface area contributed by atoms with Gasteiger partial charge in [-0.15, -0.1) is 0 Å². The van der Waals surface area contributed by atoms with E-state index in [0.717, 1.165) is 11.4 Å². The van der Waals surface area contributed by atoms with E-state index in [2.05, 4.69) is 16.4 Å². The first kappa shape index (κ1) is 13.9. The number of benzene rings is 1. The van der Waals surface area contributed by atoms with E-state index in [4.69, 9.17) is 10.00 Å². The molecule has 1 aromatic heterocycles. The molecule has 0 saturated heterocycles. The van der Waals surface area contributed by atoms with Gasteiger partial charge in [-0.1, -0.05) is 12.1 Å². The zero-order valence-corrected chi connectivity index (χ0v) is 11.7. The summed E-state index contributed by atoms with van der Waals surface area (Å²) >= 11 is 0.